The number of nitrogens with zero attached hydrogens (tertiary/aromatic N) is 2. The van der Waals surface area contributed by atoms with Gasteiger partial charge in [0, 0.05) is 29.5 Å². The molecule has 0 aliphatic heterocycles. The Morgan fingerprint density at radius 3 is 2.90 bits per heavy atom. The van der Waals surface area contributed by atoms with E-state index in [1.165, 1.54) is 16.9 Å². The quantitative estimate of drug-likeness (QED) is 0.901. The van der Waals surface area contributed by atoms with Gasteiger partial charge in [0.15, 0.2) is 0 Å². The molecule has 7 heteroatoms. The highest BCUT2D eigenvalue weighted by Gasteiger charge is 2.02. The maximum atomic E-state index is 11.6. The van der Waals surface area contributed by atoms with Gasteiger partial charge in [-0.2, -0.15) is 5.10 Å². The van der Waals surface area contributed by atoms with Crippen LogP contribution in [0.1, 0.15) is 0 Å². The van der Waals surface area contributed by atoms with Crippen molar-refractivity contribution < 1.29 is 4.79 Å². The summed E-state index contributed by atoms with van der Waals surface area (Å²) in [5.74, 6) is 0. The van der Waals surface area contributed by atoms with E-state index in [2.05, 4.69) is 15.7 Å². The fraction of sp³-hybridized carbons (Fsp3) is 0.154. The normalized spacial score (nSPS) is 10.1. The summed E-state index contributed by atoms with van der Waals surface area (Å²) < 4.78 is 1.28. The van der Waals surface area contributed by atoms with Crippen molar-refractivity contribution in [2.24, 2.45) is 0 Å². The number of anilines is 1. The minimum Gasteiger partial charge on any atom is -0.336 e. The van der Waals surface area contributed by atoms with Gasteiger partial charge in [-0.15, -0.1) is 0 Å². The van der Waals surface area contributed by atoms with E-state index in [-0.39, 0.29) is 11.6 Å². The van der Waals surface area contributed by atoms with Crippen molar-refractivity contribution in [3.8, 4) is 0 Å². The predicted molar refractivity (Wildman–Crippen MR) is 77.0 cm³/mol. The Morgan fingerprint density at radius 2 is 2.15 bits per heavy atom. The molecule has 0 saturated carbocycles. The number of carbonyl (C=O) groups is 1. The van der Waals surface area contributed by atoms with Gasteiger partial charge >= 0.3 is 6.03 Å². The molecule has 0 aliphatic rings. The number of nitrogens with one attached hydrogen (secondary N) is 2. The molecule has 2 rings (SSSR count). The van der Waals surface area contributed by atoms with Crippen molar-refractivity contribution in [2.45, 2.75) is 6.54 Å². The van der Waals surface area contributed by atoms with Crippen molar-refractivity contribution in [3.05, 3.63) is 58.0 Å². The molecule has 1 heterocycles. The molecule has 0 atom stereocenters. The number of halogens is 1. The van der Waals surface area contributed by atoms with Gasteiger partial charge in [-0.25, -0.2) is 9.48 Å². The van der Waals surface area contributed by atoms with Crippen molar-refractivity contribution in [1.82, 2.24) is 15.1 Å². The smallest absolute Gasteiger partial charge is 0.319 e. The predicted octanol–water partition coefficient (Wildman–Crippen LogP) is 1.72. The number of rotatable bonds is 4. The monoisotopic (exact) mass is 292 g/mol. The van der Waals surface area contributed by atoms with E-state index in [1.54, 1.807) is 30.3 Å². The molecule has 0 saturated heterocycles. The van der Waals surface area contributed by atoms with E-state index in [0.717, 1.165) is 0 Å². The van der Waals surface area contributed by atoms with Crippen molar-refractivity contribution in [3.63, 3.8) is 0 Å². The third kappa shape index (κ3) is 4.10. The van der Waals surface area contributed by atoms with Crippen molar-refractivity contribution in [2.75, 3.05) is 11.9 Å². The molecular weight excluding hydrogens is 280 g/mol. The van der Waals surface area contributed by atoms with Gasteiger partial charge in [0.05, 0.1) is 6.54 Å². The summed E-state index contributed by atoms with van der Waals surface area (Å²) in [5.41, 5.74) is 0.398. The lowest BCUT2D eigenvalue weighted by atomic mass is 10.3. The summed E-state index contributed by atoms with van der Waals surface area (Å²) >= 11 is 5.81. The molecule has 104 valence electrons. The fourth-order valence-electron chi connectivity index (χ4n) is 1.57. The molecule has 2 aromatic rings. The first-order valence-corrected chi connectivity index (χ1v) is 6.35. The van der Waals surface area contributed by atoms with Crippen LogP contribution in [0.5, 0.6) is 0 Å². The molecule has 0 spiro atoms. The van der Waals surface area contributed by atoms with Gasteiger partial charge in [0.1, 0.15) is 0 Å². The summed E-state index contributed by atoms with van der Waals surface area (Å²) in [6.45, 7) is 0.603. The Hall–Kier alpha value is -2.34. The lowest BCUT2D eigenvalue weighted by molar-refractivity contribution is 0.251. The molecule has 0 fully saturated rings. The zero-order valence-electron chi connectivity index (χ0n) is 10.5. The lowest BCUT2D eigenvalue weighted by Crippen LogP contribution is -2.34. The summed E-state index contributed by atoms with van der Waals surface area (Å²) in [4.78, 5) is 23.0. The van der Waals surface area contributed by atoms with Crippen LogP contribution >= 0.6 is 11.6 Å². The molecule has 1 aromatic heterocycles. The molecule has 0 radical (unpaired) electrons. The Balaban J connectivity index is 1.81. The van der Waals surface area contributed by atoms with E-state index in [1.807, 2.05) is 0 Å². The van der Waals surface area contributed by atoms with Crippen LogP contribution in [0.15, 0.2) is 47.4 Å². The minimum atomic E-state index is -0.365. The SMILES string of the molecule is O=C(NCCn1ncccc1=O)Nc1cccc(Cl)c1. The third-order valence-electron chi connectivity index (χ3n) is 2.48. The molecule has 6 nitrogen and oxygen atoms in total. The first-order chi connectivity index (χ1) is 9.65. The molecule has 0 aliphatic carbocycles. The summed E-state index contributed by atoms with van der Waals surface area (Å²) in [7, 11) is 0. The summed E-state index contributed by atoms with van der Waals surface area (Å²) in [6.07, 6.45) is 1.52. The van der Waals surface area contributed by atoms with Gasteiger partial charge in [0.2, 0.25) is 0 Å². The van der Waals surface area contributed by atoms with Crippen molar-refractivity contribution >= 4 is 23.3 Å². The van der Waals surface area contributed by atoms with Crippen LogP contribution in [0.3, 0.4) is 0 Å². The fourth-order valence-corrected chi connectivity index (χ4v) is 1.76. The third-order valence-corrected chi connectivity index (χ3v) is 2.71. The number of urea groups is 1. The molecule has 0 unspecified atom stereocenters. The van der Waals surface area contributed by atoms with Crippen LogP contribution in [0.2, 0.25) is 5.02 Å². The maximum Gasteiger partial charge on any atom is 0.319 e. The topological polar surface area (TPSA) is 76.0 Å². The molecule has 20 heavy (non-hydrogen) atoms. The van der Waals surface area contributed by atoms with Gasteiger partial charge in [-0.1, -0.05) is 17.7 Å². The first kappa shape index (κ1) is 14.1. The van der Waals surface area contributed by atoms with Crippen LogP contribution in [-0.4, -0.2) is 22.4 Å². The van der Waals surface area contributed by atoms with Crippen LogP contribution in [0.25, 0.3) is 0 Å². The summed E-state index contributed by atoms with van der Waals surface area (Å²) in [5, 5.41) is 9.70. The zero-order valence-corrected chi connectivity index (χ0v) is 11.3. The number of benzene rings is 1. The standard InChI is InChI=1S/C13H13ClN4O2/c14-10-3-1-4-11(9-10)17-13(20)15-7-8-18-12(19)5-2-6-16-18/h1-6,9H,7-8H2,(H2,15,17,20). The van der Waals surface area contributed by atoms with Crippen molar-refractivity contribution in [1.29, 1.82) is 0 Å². The Kier molecular flexibility index (Phi) is 4.73. The Bertz CT molecular complexity index is 657. The highest BCUT2D eigenvalue weighted by atomic mass is 35.5. The lowest BCUT2D eigenvalue weighted by Gasteiger charge is -2.08. The Morgan fingerprint density at radius 1 is 1.30 bits per heavy atom. The van der Waals surface area contributed by atoms with Gasteiger partial charge in [-0.05, 0) is 24.3 Å². The maximum absolute atomic E-state index is 11.6. The Labute approximate surface area is 120 Å². The van der Waals surface area contributed by atoms with E-state index < -0.39 is 0 Å². The largest absolute Gasteiger partial charge is 0.336 e. The number of hydrogen-bond acceptors (Lipinski definition) is 3. The van der Waals surface area contributed by atoms with E-state index >= 15 is 0 Å². The highest BCUT2D eigenvalue weighted by Crippen LogP contribution is 2.14. The van der Waals surface area contributed by atoms with Crippen LogP contribution in [0.4, 0.5) is 10.5 Å². The number of aromatic nitrogens is 2. The van der Waals surface area contributed by atoms with Gasteiger partial charge < -0.3 is 10.6 Å². The average Bonchev–Trinajstić information content (AvgIpc) is 2.41. The second-order valence-corrected chi connectivity index (χ2v) is 4.41. The van der Waals surface area contributed by atoms with E-state index in [0.29, 0.717) is 23.8 Å². The number of hydrogen-bond donors (Lipinski definition) is 2. The molecule has 2 N–H and O–H groups in total. The highest BCUT2D eigenvalue weighted by molar-refractivity contribution is 6.30. The molecule has 0 bridgehead atoms. The molecular formula is C13H13ClN4O2. The summed E-state index contributed by atoms with van der Waals surface area (Å²) in [6, 6.07) is 9.45. The zero-order chi connectivity index (χ0) is 14.4. The second kappa shape index (κ2) is 6.72. The molecule has 2 amide bonds. The van der Waals surface area contributed by atoms with Gasteiger partial charge in [0.25, 0.3) is 5.56 Å². The minimum absolute atomic E-state index is 0.204. The molecule has 1 aromatic carbocycles. The van der Waals surface area contributed by atoms with Crippen LogP contribution in [0, 0.1) is 0 Å². The average molecular weight is 293 g/mol. The second-order valence-electron chi connectivity index (χ2n) is 3.98. The van der Waals surface area contributed by atoms with Gasteiger partial charge in [-0.3, -0.25) is 4.79 Å². The first-order valence-electron chi connectivity index (χ1n) is 5.98. The van der Waals surface area contributed by atoms with Crippen LogP contribution < -0.4 is 16.2 Å². The number of carbonyl (C=O) groups excluding carboxylic acids is 1. The van der Waals surface area contributed by atoms with E-state index in [4.69, 9.17) is 11.6 Å². The number of amides is 2. The van der Waals surface area contributed by atoms with Crippen LogP contribution in [-0.2, 0) is 6.54 Å². The van der Waals surface area contributed by atoms with E-state index in [9.17, 15) is 9.59 Å².